The minimum atomic E-state index is -0.841. The smallest absolute Gasteiger partial charge is 0.337 e. The summed E-state index contributed by atoms with van der Waals surface area (Å²) in [6.07, 6.45) is -1.47. The molecule has 13 heavy (non-hydrogen) atoms. The molecule has 0 aromatic carbocycles. The van der Waals surface area contributed by atoms with E-state index in [0.717, 1.165) is 0 Å². The Hall–Kier alpha value is -0.650. The maximum absolute atomic E-state index is 11.1. The van der Waals surface area contributed by atoms with E-state index in [4.69, 9.17) is 14.6 Å². The summed E-state index contributed by atoms with van der Waals surface area (Å²) in [4.78, 5) is 11.1. The van der Waals surface area contributed by atoms with E-state index in [0.29, 0.717) is 0 Å². The molecule has 5 heteroatoms. The van der Waals surface area contributed by atoms with Crippen LogP contribution in [-0.2, 0) is 19.0 Å². The molecular weight excluding hydrogens is 176 g/mol. The molecule has 0 radical (unpaired) electrons. The zero-order valence-corrected chi connectivity index (χ0v) is 7.94. The van der Waals surface area contributed by atoms with E-state index >= 15 is 0 Å². The number of hydrogen-bond acceptors (Lipinski definition) is 5. The van der Waals surface area contributed by atoms with Crippen LogP contribution in [0.15, 0.2) is 0 Å². The molecular formula is C8H14O5. The first-order valence-corrected chi connectivity index (χ1v) is 4.04. The van der Waals surface area contributed by atoms with Crippen molar-refractivity contribution in [1.29, 1.82) is 0 Å². The van der Waals surface area contributed by atoms with E-state index in [1.807, 2.05) is 0 Å². The van der Waals surface area contributed by atoms with Crippen molar-refractivity contribution in [2.75, 3.05) is 13.7 Å². The monoisotopic (exact) mass is 190 g/mol. The lowest BCUT2D eigenvalue weighted by atomic mass is 10.2. The largest absolute Gasteiger partial charge is 0.467 e. The van der Waals surface area contributed by atoms with Gasteiger partial charge in [-0.3, -0.25) is 0 Å². The van der Waals surface area contributed by atoms with Crippen molar-refractivity contribution < 1.29 is 24.1 Å². The molecule has 0 amide bonds. The molecule has 0 aromatic heterocycles. The van der Waals surface area contributed by atoms with Gasteiger partial charge in [-0.2, -0.15) is 0 Å². The van der Waals surface area contributed by atoms with Crippen LogP contribution < -0.4 is 0 Å². The Morgan fingerprint density at radius 2 is 2.15 bits per heavy atom. The third-order valence-corrected chi connectivity index (χ3v) is 1.80. The molecule has 1 saturated heterocycles. The van der Waals surface area contributed by atoms with Crippen molar-refractivity contribution >= 4 is 5.97 Å². The van der Waals surface area contributed by atoms with Crippen LogP contribution in [0.25, 0.3) is 0 Å². The van der Waals surface area contributed by atoms with Gasteiger partial charge >= 0.3 is 5.97 Å². The van der Waals surface area contributed by atoms with E-state index in [-0.39, 0.29) is 6.61 Å². The van der Waals surface area contributed by atoms with E-state index in [9.17, 15) is 4.79 Å². The molecule has 0 aliphatic carbocycles. The zero-order valence-electron chi connectivity index (χ0n) is 7.94. The van der Waals surface area contributed by atoms with Gasteiger partial charge in [0.2, 0.25) is 0 Å². The molecule has 0 bridgehead atoms. The highest BCUT2D eigenvalue weighted by molar-refractivity contribution is 5.75. The van der Waals surface area contributed by atoms with Gasteiger partial charge in [0.25, 0.3) is 0 Å². The number of rotatable bonds is 2. The molecule has 2 atom stereocenters. The predicted octanol–water partition coefficient (Wildman–Crippen LogP) is -0.328. The highest BCUT2D eigenvalue weighted by Gasteiger charge is 2.45. The number of hydrogen-bond donors (Lipinski definition) is 1. The summed E-state index contributed by atoms with van der Waals surface area (Å²) < 4.78 is 15.0. The third kappa shape index (κ3) is 2.18. The first-order valence-electron chi connectivity index (χ1n) is 4.04. The molecule has 1 heterocycles. The number of methoxy groups -OCH3 is 1. The topological polar surface area (TPSA) is 65.0 Å². The quantitative estimate of drug-likeness (QED) is 0.604. The van der Waals surface area contributed by atoms with Crippen molar-refractivity contribution in [3.63, 3.8) is 0 Å². The first-order chi connectivity index (χ1) is 6.00. The fourth-order valence-electron chi connectivity index (χ4n) is 1.28. The maximum Gasteiger partial charge on any atom is 0.337 e. The predicted molar refractivity (Wildman–Crippen MR) is 42.9 cm³/mol. The van der Waals surface area contributed by atoms with Crippen LogP contribution in [0.1, 0.15) is 13.8 Å². The minimum Gasteiger partial charge on any atom is -0.467 e. The van der Waals surface area contributed by atoms with Crippen molar-refractivity contribution in [3.05, 3.63) is 0 Å². The number of ether oxygens (including phenoxy) is 3. The lowest BCUT2D eigenvalue weighted by molar-refractivity contribution is -0.168. The molecule has 1 rings (SSSR count). The van der Waals surface area contributed by atoms with Gasteiger partial charge in [0, 0.05) is 0 Å². The highest BCUT2D eigenvalue weighted by atomic mass is 16.8. The van der Waals surface area contributed by atoms with E-state index in [2.05, 4.69) is 4.74 Å². The summed E-state index contributed by atoms with van der Waals surface area (Å²) in [5.74, 6) is -1.36. The standard InChI is InChI=1S/C8H14O5/c1-8(2)12-5(4-9)6(13-8)7(10)11-3/h5-6,9H,4H2,1-3H3/t5-,6+/m0/s1. The van der Waals surface area contributed by atoms with Gasteiger partial charge in [-0.15, -0.1) is 0 Å². The fraction of sp³-hybridized carbons (Fsp3) is 0.875. The van der Waals surface area contributed by atoms with Gasteiger partial charge < -0.3 is 19.3 Å². The van der Waals surface area contributed by atoms with Crippen molar-refractivity contribution in [2.24, 2.45) is 0 Å². The summed E-state index contributed by atoms with van der Waals surface area (Å²) in [6.45, 7) is 3.10. The summed E-state index contributed by atoms with van der Waals surface area (Å²) >= 11 is 0. The summed E-state index contributed by atoms with van der Waals surface area (Å²) in [5, 5.41) is 8.90. The number of aliphatic hydroxyl groups excluding tert-OH is 1. The minimum absolute atomic E-state index is 0.261. The van der Waals surface area contributed by atoms with Gasteiger partial charge in [-0.25, -0.2) is 4.79 Å². The van der Waals surface area contributed by atoms with Crippen LogP contribution in [0, 0.1) is 0 Å². The number of aliphatic hydroxyl groups is 1. The van der Waals surface area contributed by atoms with Gasteiger partial charge in [-0.1, -0.05) is 0 Å². The van der Waals surface area contributed by atoms with Crippen molar-refractivity contribution in [3.8, 4) is 0 Å². The molecule has 0 unspecified atom stereocenters. The van der Waals surface area contributed by atoms with Crippen LogP contribution in [-0.4, -0.2) is 42.8 Å². The second-order valence-electron chi connectivity index (χ2n) is 3.30. The summed E-state index contributed by atoms with van der Waals surface area (Å²) in [7, 11) is 1.27. The van der Waals surface area contributed by atoms with Crippen LogP contribution >= 0.6 is 0 Å². The lowest BCUT2D eigenvalue weighted by Gasteiger charge is -2.15. The van der Waals surface area contributed by atoms with Crippen LogP contribution in [0.3, 0.4) is 0 Å². The van der Waals surface area contributed by atoms with Crippen molar-refractivity contribution in [2.45, 2.75) is 31.8 Å². The number of esters is 1. The summed E-state index contributed by atoms with van der Waals surface area (Å²) in [5.41, 5.74) is 0. The molecule has 1 N–H and O–H groups in total. The maximum atomic E-state index is 11.1. The van der Waals surface area contributed by atoms with Gasteiger partial charge in [0.15, 0.2) is 11.9 Å². The second kappa shape index (κ2) is 3.61. The molecule has 0 saturated carbocycles. The Balaban J connectivity index is 2.69. The molecule has 76 valence electrons. The normalized spacial score (nSPS) is 31.7. The summed E-state index contributed by atoms with van der Waals surface area (Å²) in [6, 6.07) is 0. The molecule has 1 aliphatic rings. The van der Waals surface area contributed by atoms with E-state index in [1.54, 1.807) is 13.8 Å². The molecule has 1 aliphatic heterocycles. The van der Waals surface area contributed by atoms with Crippen LogP contribution in [0.5, 0.6) is 0 Å². The Bertz CT molecular complexity index is 201. The number of carbonyl (C=O) groups is 1. The Kier molecular flexibility index (Phi) is 2.90. The molecule has 0 aromatic rings. The highest BCUT2D eigenvalue weighted by Crippen LogP contribution is 2.28. The molecule has 0 spiro atoms. The van der Waals surface area contributed by atoms with E-state index in [1.165, 1.54) is 7.11 Å². The zero-order chi connectivity index (χ0) is 10.1. The average Bonchev–Trinajstić information content (AvgIpc) is 2.39. The van der Waals surface area contributed by atoms with Gasteiger partial charge in [0.05, 0.1) is 13.7 Å². The number of carbonyl (C=O) groups excluding carboxylic acids is 1. The van der Waals surface area contributed by atoms with Gasteiger partial charge in [-0.05, 0) is 13.8 Å². The SMILES string of the molecule is COC(=O)[C@@H]1OC(C)(C)O[C@H]1CO. The van der Waals surface area contributed by atoms with Crippen LogP contribution in [0.2, 0.25) is 0 Å². The third-order valence-electron chi connectivity index (χ3n) is 1.80. The average molecular weight is 190 g/mol. The van der Waals surface area contributed by atoms with Crippen molar-refractivity contribution in [1.82, 2.24) is 0 Å². The molecule has 1 fully saturated rings. The lowest BCUT2D eigenvalue weighted by Crippen LogP contribution is -2.34. The Morgan fingerprint density at radius 3 is 2.62 bits per heavy atom. The Labute approximate surface area is 76.6 Å². The molecule has 5 nitrogen and oxygen atoms in total. The first kappa shape index (κ1) is 10.4. The van der Waals surface area contributed by atoms with Gasteiger partial charge in [0.1, 0.15) is 6.10 Å². The Morgan fingerprint density at radius 1 is 1.54 bits per heavy atom. The van der Waals surface area contributed by atoms with Crippen LogP contribution in [0.4, 0.5) is 0 Å². The second-order valence-corrected chi connectivity index (χ2v) is 3.30. The fourth-order valence-corrected chi connectivity index (χ4v) is 1.28. The van der Waals surface area contributed by atoms with E-state index < -0.39 is 24.0 Å².